The van der Waals surface area contributed by atoms with Crippen LogP contribution in [0.25, 0.3) is 0 Å². The van der Waals surface area contributed by atoms with Gasteiger partial charge in [-0.25, -0.2) is 4.98 Å². The van der Waals surface area contributed by atoms with E-state index >= 15 is 0 Å². The van der Waals surface area contributed by atoms with Gasteiger partial charge in [-0.2, -0.15) is 0 Å². The zero-order valence-electron chi connectivity index (χ0n) is 15.5. The van der Waals surface area contributed by atoms with Crippen molar-refractivity contribution in [2.75, 3.05) is 12.0 Å². The smallest absolute Gasteiger partial charge is 0.243 e. The van der Waals surface area contributed by atoms with Crippen LogP contribution in [-0.2, 0) is 11.3 Å². The van der Waals surface area contributed by atoms with E-state index in [4.69, 9.17) is 9.47 Å². The summed E-state index contributed by atoms with van der Waals surface area (Å²) in [6, 6.07) is 20.7. The Labute approximate surface area is 159 Å². The standard InChI is InChI=1S/C22H22N2O3/c1-3-21(25)24(16-17-10-7-8-14-20(17)26-2)19-13-9-15-23-22(19)27-18-11-5-4-6-12-18/h4-15H,3,16H2,1-2H3. The van der Waals surface area contributed by atoms with Crippen molar-refractivity contribution in [2.24, 2.45) is 0 Å². The molecular weight excluding hydrogens is 340 g/mol. The number of methoxy groups -OCH3 is 1. The van der Waals surface area contributed by atoms with Crippen LogP contribution >= 0.6 is 0 Å². The second-order valence-corrected chi connectivity index (χ2v) is 5.89. The van der Waals surface area contributed by atoms with Gasteiger partial charge in [0.1, 0.15) is 17.2 Å². The fraction of sp³-hybridized carbons (Fsp3) is 0.182. The molecule has 0 bridgehead atoms. The van der Waals surface area contributed by atoms with Gasteiger partial charge < -0.3 is 14.4 Å². The van der Waals surface area contributed by atoms with Crippen LogP contribution in [0.1, 0.15) is 18.9 Å². The van der Waals surface area contributed by atoms with E-state index < -0.39 is 0 Å². The maximum Gasteiger partial charge on any atom is 0.243 e. The van der Waals surface area contributed by atoms with E-state index in [9.17, 15) is 4.79 Å². The predicted octanol–water partition coefficient (Wildman–Crippen LogP) is 4.83. The Morgan fingerprint density at radius 3 is 2.48 bits per heavy atom. The van der Waals surface area contributed by atoms with Crippen molar-refractivity contribution in [2.45, 2.75) is 19.9 Å². The number of para-hydroxylation sites is 2. The third-order valence-corrected chi connectivity index (χ3v) is 4.12. The van der Waals surface area contributed by atoms with Crippen LogP contribution in [0, 0.1) is 0 Å². The van der Waals surface area contributed by atoms with Crippen molar-refractivity contribution in [3.05, 3.63) is 78.5 Å². The van der Waals surface area contributed by atoms with Crippen LogP contribution in [0.15, 0.2) is 72.9 Å². The summed E-state index contributed by atoms with van der Waals surface area (Å²) in [4.78, 5) is 18.8. The summed E-state index contributed by atoms with van der Waals surface area (Å²) < 4.78 is 11.4. The van der Waals surface area contributed by atoms with Gasteiger partial charge in [-0.1, -0.05) is 43.3 Å². The number of pyridine rings is 1. The third-order valence-electron chi connectivity index (χ3n) is 4.12. The first-order valence-corrected chi connectivity index (χ1v) is 8.83. The molecule has 1 amide bonds. The number of aromatic nitrogens is 1. The molecule has 27 heavy (non-hydrogen) atoms. The van der Waals surface area contributed by atoms with Crippen molar-refractivity contribution in [3.63, 3.8) is 0 Å². The van der Waals surface area contributed by atoms with Crippen molar-refractivity contribution in [3.8, 4) is 17.4 Å². The number of carbonyl (C=O) groups excluding carboxylic acids is 1. The molecule has 2 aromatic carbocycles. The monoisotopic (exact) mass is 362 g/mol. The molecule has 1 aromatic heterocycles. The van der Waals surface area contributed by atoms with Gasteiger partial charge in [-0.15, -0.1) is 0 Å². The van der Waals surface area contributed by atoms with Crippen LogP contribution in [0.3, 0.4) is 0 Å². The summed E-state index contributed by atoms with van der Waals surface area (Å²) in [5.41, 5.74) is 1.54. The number of ether oxygens (including phenoxy) is 2. The van der Waals surface area contributed by atoms with Gasteiger partial charge in [-0.3, -0.25) is 4.79 Å². The molecule has 1 heterocycles. The maximum atomic E-state index is 12.7. The van der Waals surface area contributed by atoms with Crippen LogP contribution in [-0.4, -0.2) is 18.0 Å². The average Bonchev–Trinajstić information content (AvgIpc) is 2.73. The fourth-order valence-electron chi connectivity index (χ4n) is 2.77. The summed E-state index contributed by atoms with van der Waals surface area (Å²) in [6.45, 7) is 2.21. The summed E-state index contributed by atoms with van der Waals surface area (Å²) in [7, 11) is 1.62. The van der Waals surface area contributed by atoms with Crippen molar-refractivity contribution < 1.29 is 14.3 Å². The molecule has 0 aliphatic rings. The van der Waals surface area contributed by atoms with E-state index in [1.165, 1.54) is 0 Å². The second-order valence-electron chi connectivity index (χ2n) is 5.89. The molecule has 138 valence electrons. The van der Waals surface area contributed by atoms with Crippen LogP contribution < -0.4 is 14.4 Å². The molecule has 0 fully saturated rings. The first kappa shape index (κ1) is 18.5. The minimum absolute atomic E-state index is 0.0215. The van der Waals surface area contributed by atoms with Crippen molar-refractivity contribution in [1.82, 2.24) is 4.98 Å². The number of amides is 1. The van der Waals surface area contributed by atoms with Gasteiger partial charge in [-0.05, 0) is 30.3 Å². The van der Waals surface area contributed by atoms with E-state index in [1.807, 2.05) is 67.6 Å². The molecule has 0 spiro atoms. The van der Waals surface area contributed by atoms with E-state index in [-0.39, 0.29) is 5.91 Å². The number of anilines is 1. The predicted molar refractivity (Wildman–Crippen MR) is 105 cm³/mol. The Kier molecular flexibility index (Phi) is 6.05. The Morgan fingerprint density at radius 2 is 1.74 bits per heavy atom. The molecule has 0 atom stereocenters. The summed E-state index contributed by atoms with van der Waals surface area (Å²) in [5.74, 6) is 1.77. The Balaban J connectivity index is 1.97. The molecule has 0 aliphatic heterocycles. The minimum atomic E-state index is -0.0215. The van der Waals surface area contributed by atoms with E-state index in [1.54, 1.807) is 24.3 Å². The number of hydrogen-bond acceptors (Lipinski definition) is 4. The van der Waals surface area contributed by atoms with Crippen LogP contribution in [0.4, 0.5) is 5.69 Å². The second kappa shape index (κ2) is 8.85. The van der Waals surface area contributed by atoms with Gasteiger partial charge in [0.2, 0.25) is 11.8 Å². The van der Waals surface area contributed by atoms with E-state index in [0.717, 1.165) is 11.3 Å². The lowest BCUT2D eigenvalue weighted by Crippen LogP contribution is -2.30. The summed E-state index contributed by atoms with van der Waals surface area (Å²) in [6.07, 6.45) is 2.02. The molecule has 0 N–H and O–H groups in total. The quantitative estimate of drug-likeness (QED) is 0.604. The highest BCUT2D eigenvalue weighted by atomic mass is 16.5. The van der Waals surface area contributed by atoms with Crippen molar-refractivity contribution >= 4 is 11.6 Å². The molecule has 3 aromatic rings. The molecule has 5 heteroatoms. The average molecular weight is 362 g/mol. The Hall–Kier alpha value is -3.34. The number of nitrogens with zero attached hydrogens (tertiary/aromatic N) is 2. The zero-order valence-corrected chi connectivity index (χ0v) is 15.5. The SMILES string of the molecule is CCC(=O)N(Cc1ccccc1OC)c1cccnc1Oc1ccccc1. The molecular formula is C22H22N2O3. The lowest BCUT2D eigenvalue weighted by atomic mass is 10.1. The maximum absolute atomic E-state index is 12.7. The third kappa shape index (κ3) is 4.44. The molecule has 0 unspecified atom stereocenters. The topological polar surface area (TPSA) is 51.7 Å². The first-order valence-electron chi connectivity index (χ1n) is 8.83. The van der Waals surface area contributed by atoms with Gasteiger partial charge in [0.15, 0.2) is 0 Å². The van der Waals surface area contributed by atoms with Gasteiger partial charge >= 0.3 is 0 Å². The molecule has 0 radical (unpaired) electrons. The highest BCUT2D eigenvalue weighted by Crippen LogP contribution is 2.32. The normalized spacial score (nSPS) is 10.3. The lowest BCUT2D eigenvalue weighted by molar-refractivity contribution is -0.118. The number of benzene rings is 2. The molecule has 0 saturated heterocycles. The Bertz CT molecular complexity index is 897. The van der Waals surface area contributed by atoms with Crippen LogP contribution in [0.5, 0.6) is 17.4 Å². The van der Waals surface area contributed by atoms with Crippen molar-refractivity contribution in [1.29, 1.82) is 0 Å². The highest BCUT2D eigenvalue weighted by Gasteiger charge is 2.21. The highest BCUT2D eigenvalue weighted by molar-refractivity contribution is 5.94. The first-order chi connectivity index (χ1) is 13.2. The molecule has 3 rings (SSSR count). The van der Waals surface area contributed by atoms with E-state index in [0.29, 0.717) is 30.3 Å². The summed E-state index contributed by atoms with van der Waals surface area (Å²) in [5, 5.41) is 0. The molecule has 5 nitrogen and oxygen atoms in total. The number of rotatable bonds is 7. The number of hydrogen-bond donors (Lipinski definition) is 0. The van der Waals surface area contributed by atoms with Gasteiger partial charge in [0, 0.05) is 18.2 Å². The number of carbonyl (C=O) groups is 1. The molecule has 0 saturated carbocycles. The minimum Gasteiger partial charge on any atom is -0.496 e. The largest absolute Gasteiger partial charge is 0.496 e. The van der Waals surface area contributed by atoms with Gasteiger partial charge in [0.25, 0.3) is 0 Å². The van der Waals surface area contributed by atoms with E-state index in [2.05, 4.69) is 4.98 Å². The van der Waals surface area contributed by atoms with Gasteiger partial charge in [0.05, 0.1) is 13.7 Å². The Morgan fingerprint density at radius 1 is 1.00 bits per heavy atom. The lowest BCUT2D eigenvalue weighted by Gasteiger charge is -2.25. The fourth-order valence-corrected chi connectivity index (χ4v) is 2.77. The molecule has 0 aliphatic carbocycles. The zero-order chi connectivity index (χ0) is 19.1. The van der Waals surface area contributed by atoms with Crippen LogP contribution in [0.2, 0.25) is 0 Å². The summed E-state index contributed by atoms with van der Waals surface area (Å²) >= 11 is 0.